The van der Waals surface area contributed by atoms with Gasteiger partial charge in [0.05, 0.1) is 28.2 Å². The smallest absolute Gasteiger partial charge is 0.266 e. The van der Waals surface area contributed by atoms with E-state index in [4.69, 9.17) is 4.98 Å². The van der Waals surface area contributed by atoms with Crippen molar-refractivity contribution in [3.63, 3.8) is 0 Å². The van der Waals surface area contributed by atoms with Crippen LogP contribution in [-0.4, -0.2) is 22.5 Å². The Morgan fingerprint density at radius 2 is 1.35 bits per heavy atom. The molecular weight excluding hydrogens is 520 g/mol. The van der Waals surface area contributed by atoms with Gasteiger partial charge in [-0.25, -0.2) is 9.88 Å². The van der Waals surface area contributed by atoms with E-state index in [1.54, 1.807) is 36.4 Å². The largest absolute Gasteiger partial charge is 0.268 e. The molecule has 6 rings (SSSR count). The van der Waals surface area contributed by atoms with Crippen molar-refractivity contribution in [2.45, 2.75) is 6.92 Å². The number of imide groups is 1. The number of hydrazone groups is 1. The number of anilines is 2. The summed E-state index contributed by atoms with van der Waals surface area (Å²) in [4.78, 5) is 31.5. The van der Waals surface area contributed by atoms with Crippen molar-refractivity contribution in [2.24, 2.45) is 15.3 Å². The second-order valence-electron chi connectivity index (χ2n) is 8.92. The maximum atomic E-state index is 12.8. The molecule has 0 radical (unpaired) electrons. The van der Waals surface area contributed by atoms with Gasteiger partial charge in [-0.1, -0.05) is 84.1 Å². The molecule has 40 heavy (non-hydrogen) atoms. The first-order chi connectivity index (χ1) is 19.6. The number of carbonyl (C=O) groups is 2. The Morgan fingerprint density at radius 1 is 0.750 bits per heavy atom. The van der Waals surface area contributed by atoms with Gasteiger partial charge in [0.25, 0.3) is 11.8 Å². The summed E-state index contributed by atoms with van der Waals surface area (Å²) in [5, 5.41) is 14.6. The molecule has 0 aliphatic carbocycles. The van der Waals surface area contributed by atoms with Gasteiger partial charge in [0.2, 0.25) is 5.13 Å². The monoisotopic (exact) mass is 542 g/mol. The molecule has 1 N–H and O–H groups in total. The molecule has 1 aromatic heterocycles. The number of fused-ring (bicyclic) bond motifs is 1. The van der Waals surface area contributed by atoms with Gasteiger partial charge in [-0.2, -0.15) is 5.10 Å². The number of rotatable bonds is 7. The van der Waals surface area contributed by atoms with E-state index in [1.807, 2.05) is 79.7 Å². The number of aromatic nitrogens is 1. The van der Waals surface area contributed by atoms with Crippen LogP contribution in [0.4, 0.5) is 21.5 Å². The van der Waals surface area contributed by atoms with Crippen LogP contribution in [0.15, 0.2) is 125 Å². The van der Waals surface area contributed by atoms with Gasteiger partial charge in [0.1, 0.15) is 5.69 Å². The highest BCUT2D eigenvalue weighted by atomic mass is 32.1. The lowest BCUT2D eigenvalue weighted by Crippen LogP contribution is -2.29. The molecule has 0 unspecified atom stereocenters. The lowest BCUT2D eigenvalue weighted by molar-refractivity contribution is 0.0926. The predicted molar refractivity (Wildman–Crippen MR) is 158 cm³/mol. The van der Waals surface area contributed by atoms with Gasteiger partial charge >= 0.3 is 0 Å². The first-order valence-corrected chi connectivity index (χ1v) is 13.3. The average molecular weight is 543 g/mol. The standard InChI is InChI=1S/C31H22N6O2S/c1-20(21-16-18-24(19-17-21)37-29(38)25-14-8-9-15-26(25)30(37)39)33-36-31-32-27(22-10-4-2-5-11-22)28(40-31)35-34-23-12-6-3-7-13-23/h2-19H,1H3,(H,32,36). The van der Waals surface area contributed by atoms with Crippen molar-refractivity contribution in [1.82, 2.24) is 4.98 Å². The first-order valence-electron chi connectivity index (χ1n) is 12.5. The molecule has 9 heteroatoms. The number of hydrogen-bond acceptors (Lipinski definition) is 8. The second-order valence-corrected chi connectivity index (χ2v) is 9.90. The van der Waals surface area contributed by atoms with Crippen LogP contribution in [0.25, 0.3) is 11.3 Å². The van der Waals surface area contributed by atoms with E-state index in [0.29, 0.717) is 38.4 Å². The number of nitrogens with one attached hydrogen (secondary N) is 1. The van der Waals surface area contributed by atoms with Crippen molar-refractivity contribution >= 4 is 50.4 Å². The summed E-state index contributed by atoms with van der Waals surface area (Å²) < 4.78 is 0. The third-order valence-electron chi connectivity index (χ3n) is 6.33. The van der Waals surface area contributed by atoms with E-state index in [2.05, 4.69) is 20.8 Å². The SMILES string of the molecule is CC(=NNc1nc(-c2ccccc2)c(N=Nc2ccccc2)s1)c1ccc(N2C(=O)c3ccccc3C2=O)cc1. The Kier molecular flexibility index (Phi) is 6.78. The fraction of sp³-hybridized carbons (Fsp3) is 0.0323. The maximum absolute atomic E-state index is 12.8. The highest BCUT2D eigenvalue weighted by Gasteiger charge is 2.36. The number of nitrogens with zero attached hydrogens (tertiary/aromatic N) is 5. The van der Waals surface area contributed by atoms with E-state index in [-0.39, 0.29) is 11.8 Å². The maximum Gasteiger partial charge on any atom is 0.266 e. The number of azo groups is 1. The van der Waals surface area contributed by atoms with E-state index >= 15 is 0 Å². The molecule has 1 aliphatic heterocycles. The van der Waals surface area contributed by atoms with Crippen molar-refractivity contribution < 1.29 is 9.59 Å². The van der Waals surface area contributed by atoms with Crippen LogP contribution in [-0.2, 0) is 0 Å². The number of amides is 2. The second kappa shape index (κ2) is 10.8. The normalized spacial score (nSPS) is 13.2. The van der Waals surface area contributed by atoms with Crippen molar-refractivity contribution in [1.29, 1.82) is 0 Å². The minimum absolute atomic E-state index is 0.321. The molecule has 8 nitrogen and oxygen atoms in total. The third kappa shape index (κ3) is 4.93. The molecule has 0 spiro atoms. The Hall–Kier alpha value is -5.28. The molecule has 0 fully saturated rings. The van der Waals surface area contributed by atoms with Crippen LogP contribution in [0, 0.1) is 0 Å². The van der Waals surface area contributed by atoms with Crippen LogP contribution in [0.1, 0.15) is 33.2 Å². The highest BCUT2D eigenvalue weighted by molar-refractivity contribution is 7.19. The summed E-state index contributed by atoms with van der Waals surface area (Å²) in [6.07, 6.45) is 0. The van der Waals surface area contributed by atoms with E-state index < -0.39 is 0 Å². The third-order valence-corrected chi connectivity index (χ3v) is 7.17. The number of benzene rings is 4. The van der Waals surface area contributed by atoms with Crippen LogP contribution in [0.3, 0.4) is 0 Å². The van der Waals surface area contributed by atoms with Gasteiger partial charge in [-0.05, 0) is 48.9 Å². The van der Waals surface area contributed by atoms with Crippen molar-refractivity contribution in [3.8, 4) is 11.3 Å². The van der Waals surface area contributed by atoms with Crippen LogP contribution in [0.5, 0.6) is 0 Å². The van der Waals surface area contributed by atoms with Gasteiger partial charge in [0, 0.05) is 5.56 Å². The fourth-order valence-electron chi connectivity index (χ4n) is 4.28. The minimum atomic E-state index is -0.321. The quantitative estimate of drug-likeness (QED) is 0.0979. The van der Waals surface area contributed by atoms with Gasteiger partial charge in [-0.15, -0.1) is 10.2 Å². The number of hydrogen-bond donors (Lipinski definition) is 1. The molecule has 0 saturated carbocycles. The zero-order valence-electron chi connectivity index (χ0n) is 21.4. The Labute approximate surface area is 234 Å². The Bertz CT molecular complexity index is 1730. The summed E-state index contributed by atoms with van der Waals surface area (Å²) in [6.45, 7) is 1.87. The Morgan fingerprint density at radius 3 is 2.00 bits per heavy atom. The summed E-state index contributed by atoms with van der Waals surface area (Å²) in [7, 11) is 0. The lowest BCUT2D eigenvalue weighted by atomic mass is 10.1. The molecule has 0 bridgehead atoms. The van der Waals surface area contributed by atoms with Gasteiger partial charge in [0.15, 0.2) is 5.00 Å². The molecule has 194 valence electrons. The highest BCUT2D eigenvalue weighted by Crippen LogP contribution is 2.39. The topological polar surface area (TPSA) is 99.4 Å². The van der Waals surface area contributed by atoms with E-state index in [0.717, 1.165) is 16.8 Å². The first kappa shape index (κ1) is 25.0. The molecule has 5 aromatic rings. The van der Waals surface area contributed by atoms with E-state index in [1.165, 1.54) is 16.2 Å². The minimum Gasteiger partial charge on any atom is -0.268 e. The van der Waals surface area contributed by atoms with Crippen LogP contribution < -0.4 is 10.3 Å². The zero-order valence-corrected chi connectivity index (χ0v) is 22.2. The summed E-state index contributed by atoms with van der Waals surface area (Å²) in [5.41, 5.74) is 8.32. The molecule has 0 atom stereocenters. The number of carbonyl (C=O) groups excluding carboxylic acids is 2. The van der Waals surface area contributed by atoms with Crippen molar-refractivity contribution in [2.75, 3.05) is 10.3 Å². The number of thiazole rings is 1. The average Bonchev–Trinajstić information content (AvgIpc) is 3.54. The van der Waals surface area contributed by atoms with Crippen molar-refractivity contribution in [3.05, 3.63) is 126 Å². The molecule has 2 heterocycles. The fourth-order valence-corrected chi connectivity index (χ4v) is 5.03. The predicted octanol–water partition coefficient (Wildman–Crippen LogP) is 7.86. The molecule has 0 saturated heterocycles. The zero-order chi connectivity index (χ0) is 27.5. The molecule has 1 aliphatic rings. The Balaban J connectivity index is 1.22. The molecular formula is C31H22N6O2S. The summed E-state index contributed by atoms with van der Waals surface area (Å²) in [5.74, 6) is -0.641. The van der Waals surface area contributed by atoms with Crippen LogP contribution in [0.2, 0.25) is 0 Å². The van der Waals surface area contributed by atoms with Crippen LogP contribution >= 0.6 is 11.3 Å². The lowest BCUT2D eigenvalue weighted by Gasteiger charge is -2.14. The summed E-state index contributed by atoms with van der Waals surface area (Å²) >= 11 is 1.35. The van der Waals surface area contributed by atoms with Gasteiger partial charge in [-0.3, -0.25) is 15.0 Å². The van der Waals surface area contributed by atoms with Gasteiger partial charge < -0.3 is 0 Å². The van der Waals surface area contributed by atoms with E-state index in [9.17, 15) is 9.59 Å². The molecule has 2 amide bonds. The molecule has 4 aromatic carbocycles. The summed E-state index contributed by atoms with van der Waals surface area (Å²) in [6, 6.07) is 33.3.